The number of rotatable bonds is 1. The van der Waals surface area contributed by atoms with E-state index >= 15 is 0 Å². The lowest BCUT2D eigenvalue weighted by atomic mass is 9.93. The van der Waals surface area contributed by atoms with Crippen LogP contribution in [-0.2, 0) is 0 Å². The number of aliphatic hydroxyl groups is 1. The molecule has 2 aliphatic carbocycles. The molecule has 98 valence electrons. The Labute approximate surface area is 105 Å². The molecular formula is C15H27NO. The van der Waals surface area contributed by atoms with Crippen molar-refractivity contribution in [3.8, 4) is 0 Å². The van der Waals surface area contributed by atoms with Crippen LogP contribution in [0.3, 0.4) is 0 Å². The molecule has 0 aromatic carbocycles. The fourth-order valence-corrected chi connectivity index (χ4v) is 4.41. The van der Waals surface area contributed by atoms with Crippen LogP contribution in [0.1, 0.15) is 57.8 Å². The van der Waals surface area contributed by atoms with E-state index in [4.69, 9.17) is 0 Å². The molecule has 2 heteroatoms. The van der Waals surface area contributed by atoms with Gasteiger partial charge in [0.05, 0.1) is 6.10 Å². The van der Waals surface area contributed by atoms with Gasteiger partial charge in [0.15, 0.2) is 0 Å². The summed E-state index contributed by atoms with van der Waals surface area (Å²) in [6, 6.07) is 0.487. The molecule has 0 spiro atoms. The predicted molar refractivity (Wildman–Crippen MR) is 69.9 cm³/mol. The van der Waals surface area contributed by atoms with Crippen LogP contribution in [0.2, 0.25) is 0 Å². The van der Waals surface area contributed by atoms with Crippen molar-refractivity contribution < 1.29 is 5.11 Å². The minimum atomic E-state index is -0.0471. The molecule has 0 bridgehead atoms. The van der Waals surface area contributed by atoms with Crippen LogP contribution < -0.4 is 0 Å². The Morgan fingerprint density at radius 1 is 0.706 bits per heavy atom. The highest BCUT2D eigenvalue weighted by Gasteiger charge is 2.40. The van der Waals surface area contributed by atoms with Crippen molar-refractivity contribution in [3.63, 3.8) is 0 Å². The summed E-state index contributed by atoms with van der Waals surface area (Å²) < 4.78 is 0. The van der Waals surface area contributed by atoms with Gasteiger partial charge in [0.1, 0.15) is 0 Å². The Morgan fingerprint density at radius 3 is 2.06 bits per heavy atom. The van der Waals surface area contributed by atoms with Crippen LogP contribution in [0.25, 0.3) is 0 Å². The molecule has 1 heterocycles. The third kappa shape index (κ3) is 2.53. The molecule has 0 radical (unpaired) electrons. The summed E-state index contributed by atoms with van der Waals surface area (Å²) in [5.74, 6) is 1.93. The molecule has 1 saturated heterocycles. The van der Waals surface area contributed by atoms with Gasteiger partial charge in [-0.05, 0) is 37.5 Å². The summed E-state index contributed by atoms with van der Waals surface area (Å²) in [5.41, 5.74) is 0. The molecule has 3 rings (SSSR count). The summed E-state index contributed by atoms with van der Waals surface area (Å²) in [4.78, 5) is 2.64. The molecule has 2 saturated carbocycles. The van der Waals surface area contributed by atoms with Gasteiger partial charge in [-0.2, -0.15) is 0 Å². The van der Waals surface area contributed by atoms with E-state index in [1.165, 1.54) is 64.5 Å². The van der Waals surface area contributed by atoms with Crippen molar-refractivity contribution in [1.29, 1.82) is 0 Å². The van der Waals surface area contributed by atoms with Gasteiger partial charge < -0.3 is 5.11 Å². The van der Waals surface area contributed by atoms with E-state index in [2.05, 4.69) is 4.90 Å². The van der Waals surface area contributed by atoms with Crippen LogP contribution in [-0.4, -0.2) is 35.2 Å². The predicted octanol–water partition coefficient (Wildman–Crippen LogP) is 2.80. The van der Waals surface area contributed by atoms with E-state index in [-0.39, 0.29) is 6.10 Å². The van der Waals surface area contributed by atoms with Crippen LogP contribution in [0.4, 0.5) is 0 Å². The molecule has 0 amide bonds. The molecule has 0 aromatic heterocycles. The molecule has 4 unspecified atom stereocenters. The minimum Gasteiger partial charge on any atom is -0.391 e. The first-order valence-electron chi connectivity index (χ1n) is 7.77. The monoisotopic (exact) mass is 237 g/mol. The van der Waals surface area contributed by atoms with Gasteiger partial charge in [0.25, 0.3) is 0 Å². The van der Waals surface area contributed by atoms with E-state index in [1.54, 1.807) is 0 Å². The van der Waals surface area contributed by atoms with Crippen LogP contribution in [0, 0.1) is 11.8 Å². The molecule has 3 aliphatic rings. The number of hydrogen-bond donors (Lipinski definition) is 1. The van der Waals surface area contributed by atoms with Crippen molar-refractivity contribution in [1.82, 2.24) is 4.90 Å². The van der Waals surface area contributed by atoms with E-state index in [0.717, 1.165) is 18.3 Å². The Bertz CT molecular complexity index is 243. The van der Waals surface area contributed by atoms with Gasteiger partial charge >= 0.3 is 0 Å². The largest absolute Gasteiger partial charge is 0.391 e. The first-order chi connectivity index (χ1) is 8.34. The van der Waals surface area contributed by atoms with Crippen molar-refractivity contribution >= 4 is 0 Å². The van der Waals surface area contributed by atoms with Gasteiger partial charge in [-0.1, -0.05) is 32.1 Å². The number of nitrogens with zero attached hydrogens (tertiary/aromatic N) is 1. The van der Waals surface area contributed by atoms with Crippen molar-refractivity contribution in [2.24, 2.45) is 11.8 Å². The lowest BCUT2D eigenvalue weighted by Gasteiger charge is -2.34. The third-order valence-corrected chi connectivity index (χ3v) is 5.42. The molecule has 2 nitrogen and oxygen atoms in total. The zero-order valence-corrected chi connectivity index (χ0v) is 11.0. The molecule has 4 atom stereocenters. The van der Waals surface area contributed by atoms with E-state index in [1.807, 2.05) is 0 Å². The molecule has 1 aliphatic heterocycles. The van der Waals surface area contributed by atoms with Gasteiger partial charge in [-0.15, -0.1) is 0 Å². The highest BCUT2D eigenvalue weighted by atomic mass is 16.3. The molecule has 1 N–H and O–H groups in total. The SMILES string of the molecule is OC1CCCCCCC1N1CC2CCCC2C1. The molecular weight excluding hydrogens is 210 g/mol. The van der Waals surface area contributed by atoms with Gasteiger partial charge in [-0.3, -0.25) is 4.90 Å². The third-order valence-electron chi connectivity index (χ3n) is 5.42. The Balaban J connectivity index is 1.61. The number of fused-ring (bicyclic) bond motifs is 1. The lowest BCUT2D eigenvalue weighted by Crippen LogP contribution is -2.43. The van der Waals surface area contributed by atoms with E-state index in [0.29, 0.717) is 6.04 Å². The van der Waals surface area contributed by atoms with E-state index in [9.17, 15) is 5.11 Å². The number of likely N-dealkylation sites (tertiary alicyclic amines) is 1. The Morgan fingerprint density at radius 2 is 1.35 bits per heavy atom. The average molecular weight is 237 g/mol. The summed E-state index contributed by atoms with van der Waals surface area (Å²) in [5, 5.41) is 10.4. The summed E-state index contributed by atoms with van der Waals surface area (Å²) in [7, 11) is 0. The summed E-state index contributed by atoms with van der Waals surface area (Å²) >= 11 is 0. The van der Waals surface area contributed by atoms with Gasteiger partial charge in [0.2, 0.25) is 0 Å². The normalized spacial score (nSPS) is 44.3. The first kappa shape index (κ1) is 12.0. The highest BCUT2D eigenvalue weighted by molar-refractivity contribution is 4.93. The highest BCUT2D eigenvalue weighted by Crippen LogP contribution is 2.39. The van der Waals surface area contributed by atoms with Crippen LogP contribution in [0.5, 0.6) is 0 Å². The van der Waals surface area contributed by atoms with Gasteiger partial charge in [-0.25, -0.2) is 0 Å². The standard InChI is InChI=1S/C15H27NO/c17-15-9-4-2-1-3-8-14(15)16-10-12-6-5-7-13(12)11-16/h12-15,17H,1-11H2. The topological polar surface area (TPSA) is 23.5 Å². The van der Waals surface area contributed by atoms with Crippen molar-refractivity contribution in [3.05, 3.63) is 0 Å². The fourth-order valence-electron chi connectivity index (χ4n) is 4.41. The smallest absolute Gasteiger partial charge is 0.0695 e. The maximum atomic E-state index is 10.4. The van der Waals surface area contributed by atoms with E-state index < -0.39 is 0 Å². The second-order valence-corrected chi connectivity index (χ2v) is 6.53. The van der Waals surface area contributed by atoms with Crippen molar-refractivity contribution in [2.45, 2.75) is 69.9 Å². The van der Waals surface area contributed by atoms with Crippen LogP contribution >= 0.6 is 0 Å². The zero-order valence-electron chi connectivity index (χ0n) is 11.0. The molecule has 3 fully saturated rings. The fraction of sp³-hybridized carbons (Fsp3) is 1.00. The quantitative estimate of drug-likeness (QED) is 0.758. The second-order valence-electron chi connectivity index (χ2n) is 6.53. The minimum absolute atomic E-state index is 0.0471. The molecule has 17 heavy (non-hydrogen) atoms. The first-order valence-corrected chi connectivity index (χ1v) is 7.77. The Kier molecular flexibility index (Phi) is 3.72. The average Bonchev–Trinajstić information content (AvgIpc) is 2.84. The van der Waals surface area contributed by atoms with Gasteiger partial charge in [0, 0.05) is 19.1 Å². The lowest BCUT2D eigenvalue weighted by molar-refractivity contribution is 0.0392. The number of aliphatic hydroxyl groups excluding tert-OH is 1. The maximum Gasteiger partial charge on any atom is 0.0695 e. The zero-order chi connectivity index (χ0) is 11.7. The maximum absolute atomic E-state index is 10.4. The summed E-state index contributed by atoms with van der Waals surface area (Å²) in [6.07, 6.45) is 11.8. The van der Waals surface area contributed by atoms with Crippen molar-refractivity contribution in [2.75, 3.05) is 13.1 Å². The van der Waals surface area contributed by atoms with Crippen LogP contribution in [0.15, 0.2) is 0 Å². The summed E-state index contributed by atoms with van der Waals surface area (Å²) in [6.45, 7) is 2.57. The molecule has 0 aromatic rings. The second kappa shape index (κ2) is 5.27. The Hall–Kier alpha value is -0.0800. The number of hydrogen-bond acceptors (Lipinski definition) is 2.